The molecule has 3 fully saturated rings. The van der Waals surface area contributed by atoms with Gasteiger partial charge >= 0.3 is 0 Å². The first-order chi connectivity index (χ1) is 18.3. The molecule has 2 unspecified atom stereocenters. The zero-order chi connectivity index (χ0) is 26.9. The number of piperidine rings is 1. The number of carbonyl (C=O) groups excluding carboxylic acids is 1. The van der Waals surface area contributed by atoms with Crippen LogP contribution >= 0.6 is 0 Å². The van der Waals surface area contributed by atoms with E-state index < -0.39 is 11.6 Å². The van der Waals surface area contributed by atoms with E-state index in [-0.39, 0.29) is 34.9 Å². The molecule has 2 aromatic rings. The second kappa shape index (κ2) is 11.1. The summed E-state index contributed by atoms with van der Waals surface area (Å²) in [4.78, 5) is 16.6. The summed E-state index contributed by atoms with van der Waals surface area (Å²) < 4.78 is 29.7. The molecule has 5 rings (SSSR count). The quantitative estimate of drug-likeness (QED) is 0.318. The first-order valence-electron chi connectivity index (χ1n) is 14.2. The van der Waals surface area contributed by atoms with Gasteiger partial charge in [-0.25, -0.2) is 8.78 Å². The minimum atomic E-state index is -0.671. The summed E-state index contributed by atoms with van der Waals surface area (Å²) >= 11 is 0. The lowest BCUT2D eigenvalue weighted by atomic mass is 9.80. The molecule has 0 radical (unpaired) electrons. The second-order valence-electron chi connectivity index (χ2n) is 12.2. The van der Waals surface area contributed by atoms with Crippen molar-refractivity contribution in [2.75, 3.05) is 31.1 Å². The smallest absolute Gasteiger partial charge is 0.166 e. The van der Waals surface area contributed by atoms with Crippen molar-refractivity contribution in [2.45, 2.75) is 70.3 Å². The molecular formula is C32H39F2N3O. The lowest BCUT2D eigenvalue weighted by Gasteiger charge is -2.57. The van der Waals surface area contributed by atoms with Gasteiger partial charge in [-0.1, -0.05) is 50.6 Å². The highest BCUT2D eigenvalue weighted by Crippen LogP contribution is 2.51. The molecular weight excluding hydrogens is 480 g/mol. The average molecular weight is 520 g/mol. The molecule has 0 N–H and O–H groups in total. The third-order valence-electron chi connectivity index (χ3n) is 9.03. The monoisotopic (exact) mass is 519 g/mol. The Morgan fingerprint density at radius 1 is 1.08 bits per heavy atom. The van der Waals surface area contributed by atoms with E-state index in [1.807, 2.05) is 18.7 Å². The normalized spacial score (nSPS) is 23.2. The predicted octanol–water partition coefficient (Wildman–Crippen LogP) is 6.96. The van der Waals surface area contributed by atoms with Crippen LogP contribution in [-0.4, -0.2) is 42.4 Å². The van der Waals surface area contributed by atoms with Crippen molar-refractivity contribution in [3.05, 3.63) is 65.2 Å². The number of nitriles is 1. The number of ketones is 1. The van der Waals surface area contributed by atoms with Crippen LogP contribution in [-0.2, 0) is 0 Å². The highest BCUT2D eigenvalue weighted by molar-refractivity contribution is 5.96. The molecule has 0 aromatic heterocycles. The fourth-order valence-electron chi connectivity index (χ4n) is 6.70. The molecule has 2 aliphatic heterocycles. The Morgan fingerprint density at radius 3 is 2.45 bits per heavy atom. The van der Waals surface area contributed by atoms with Crippen LogP contribution in [0.2, 0.25) is 0 Å². The van der Waals surface area contributed by atoms with Gasteiger partial charge in [-0.3, -0.25) is 9.69 Å². The minimum absolute atomic E-state index is 0.0793. The predicted molar refractivity (Wildman–Crippen MR) is 146 cm³/mol. The Balaban J connectivity index is 1.14. The maximum atomic E-state index is 15.0. The topological polar surface area (TPSA) is 47.3 Å². The highest BCUT2D eigenvalue weighted by Gasteiger charge is 2.49. The first-order valence-corrected chi connectivity index (χ1v) is 14.2. The van der Waals surface area contributed by atoms with Crippen LogP contribution in [0.4, 0.5) is 14.5 Å². The fourth-order valence-corrected chi connectivity index (χ4v) is 6.70. The van der Waals surface area contributed by atoms with Crippen molar-refractivity contribution < 1.29 is 13.6 Å². The Kier molecular flexibility index (Phi) is 7.86. The van der Waals surface area contributed by atoms with E-state index in [2.05, 4.69) is 41.3 Å². The molecule has 3 aliphatic rings. The van der Waals surface area contributed by atoms with Crippen LogP contribution in [0.1, 0.15) is 80.6 Å². The Bertz CT molecular complexity index is 1180. The van der Waals surface area contributed by atoms with Crippen LogP contribution in [0, 0.1) is 40.7 Å². The summed E-state index contributed by atoms with van der Waals surface area (Å²) in [5.41, 5.74) is 1.17. The second-order valence-corrected chi connectivity index (χ2v) is 12.2. The molecule has 38 heavy (non-hydrogen) atoms. The van der Waals surface area contributed by atoms with Crippen molar-refractivity contribution in [2.24, 2.45) is 17.8 Å². The van der Waals surface area contributed by atoms with Crippen LogP contribution in [0.25, 0.3) is 0 Å². The van der Waals surface area contributed by atoms with Crippen LogP contribution in [0.5, 0.6) is 0 Å². The van der Waals surface area contributed by atoms with Crippen molar-refractivity contribution >= 4 is 11.5 Å². The van der Waals surface area contributed by atoms with Crippen LogP contribution in [0.15, 0.2) is 42.5 Å². The van der Waals surface area contributed by atoms with Gasteiger partial charge in [0.15, 0.2) is 5.78 Å². The molecule has 0 bridgehead atoms. The molecule has 4 nitrogen and oxygen atoms in total. The number of halogens is 2. The van der Waals surface area contributed by atoms with Gasteiger partial charge in [0.25, 0.3) is 0 Å². The number of Topliss-reactive ketones (excluding diaryl/α,β-unsaturated/α-hetero) is 1. The zero-order valence-corrected chi connectivity index (χ0v) is 22.6. The summed E-state index contributed by atoms with van der Waals surface area (Å²) in [6.07, 6.45) is 6.71. The van der Waals surface area contributed by atoms with Crippen molar-refractivity contribution in [1.82, 2.24) is 4.90 Å². The Hall–Kier alpha value is -2.78. The molecule has 2 heterocycles. The maximum Gasteiger partial charge on any atom is 0.166 e. The van der Waals surface area contributed by atoms with E-state index in [1.165, 1.54) is 24.8 Å². The summed E-state index contributed by atoms with van der Waals surface area (Å²) in [6.45, 7) is 6.67. The molecule has 6 heteroatoms. The third-order valence-corrected chi connectivity index (χ3v) is 9.03. The number of anilines is 1. The lowest BCUT2D eigenvalue weighted by Crippen LogP contribution is -2.71. The van der Waals surface area contributed by atoms with Crippen molar-refractivity contribution in [3.8, 4) is 6.07 Å². The lowest BCUT2D eigenvalue weighted by molar-refractivity contribution is 0.0279. The van der Waals surface area contributed by atoms with Gasteiger partial charge in [-0.2, -0.15) is 5.26 Å². The summed E-state index contributed by atoms with van der Waals surface area (Å²) in [5.74, 6) is 0.751. The first kappa shape index (κ1) is 26.8. The molecule has 1 aliphatic carbocycles. The molecule has 2 aromatic carbocycles. The van der Waals surface area contributed by atoms with Crippen LogP contribution < -0.4 is 4.90 Å². The van der Waals surface area contributed by atoms with Crippen LogP contribution in [0.3, 0.4) is 0 Å². The van der Waals surface area contributed by atoms with Gasteiger partial charge in [0.05, 0.1) is 29.3 Å². The number of benzene rings is 2. The van der Waals surface area contributed by atoms with Crippen molar-refractivity contribution in [3.63, 3.8) is 0 Å². The van der Waals surface area contributed by atoms with E-state index in [9.17, 15) is 18.8 Å². The van der Waals surface area contributed by atoms with E-state index in [0.717, 1.165) is 55.8 Å². The minimum Gasteiger partial charge on any atom is -0.365 e. The number of rotatable bonds is 10. The molecule has 1 saturated carbocycles. The number of hydrogen-bond donors (Lipinski definition) is 0. The number of carbonyl (C=O) groups is 1. The van der Waals surface area contributed by atoms with E-state index >= 15 is 0 Å². The molecule has 2 atom stereocenters. The zero-order valence-electron chi connectivity index (χ0n) is 22.6. The van der Waals surface area contributed by atoms with Gasteiger partial charge in [-0.05, 0) is 74.1 Å². The number of nitrogens with zero attached hydrogens (tertiary/aromatic N) is 3. The van der Waals surface area contributed by atoms with E-state index in [0.29, 0.717) is 19.5 Å². The van der Waals surface area contributed by atoms with E-state index in [1.54, 1.807) is 0 Å². The van der Waals surface area contributed by atoms with Gasteiger partial charge in [-0.15, -0.1) is 0 Å². The molecule has 2 saturated heterocycles. The van der Waals surface area contributed by atoms with Gasteiger partial charge in [0.1, 0.15) is 11.6 Å². The Morgan fingerprint density at radius 2 is 1.79 bits per heavy atom. The number of hydrogen-bond acceptors (Lipinski definition) is 4. The summed E-state index contributed by atoms with van der Waals surface area (Å²) in [6, 6.07) is 15.4. The van der Waals surface area contributed by atoms with Gasteiger partial charge in [0.2, 0.25) is 0 Å². The van der Waals surface area contributed by atoms with Gasteiger partial charge < -0.3 is 4.90 Å². The van der Waals surface area contributed by atoms with Crippen molar-refractivity contribution in [1.29, 1.82) is 5.26 Å². The standard InChI is InChI=1S/C32H39F2N3O/c1-22(2)16-31(38)27-18-29(34)30(19-28(27)33)36-20-32(21-36,12-13-35)37-14-10-23(11-15-37)8-9-25-17-26(25)24-6-4-3-5-7-24/h3-7,18-19,22-23,25-26H,8-12,14-17,20-21H2,1-2H3. The molecule has 0 amide bonds. The summed E-state index contributed by atoms with van der Waals surface area (Å²) in [7, 11) is 0. The highest BCUT2D eigenvalue weighted by atomic mass is 19.1. The van der Waals surface area contributed by atoms with E-state index in [4.69, 9.17) is 0 Å². The maximum absolute atomic E-state index is 15.0. The Labute approximate surface area is 225 Å². The SMILES string of the molecule is CC(C)CC(=O)c1cc(F)c(N2CC(CC#N)(N3CCC(CCC4CC4c4ccccc4)CC3)C2)cc1F. The third kappa shape index (κ3) is 5.64. The largest absolute Gasteiger partial charge is 0.365 e. The fraction of sp³-hybridized carbons (Fsp3) is 0.562. The van der Waals surface area contributed by atoms with Gasteiger partial charge in [0, 0.05) is 25.6 Å². The molecule has 202 valence electrons. The molecule has 0 spiro atoms. The summed E-state index contributed by atoms with van der Waals surface area (Å²) in [5, 5.41) is 9.58. The average Bonchev–Trinajstić information content (AvgIpc) is 3.66. The number of likely N-dealkylation sites (tertiary alicyclic amines) is 1.